The number of aryl methyl sites for hydroxylation is 1. The van der Waals surface area contributed by atoms with Crippen molar-refractivity contribution in [2.24, 2.45) is 5.92 Å². The monoisotopic (exact) mass is 432 g/mol. The fourth-order valence-electron chi connectivity index (χ4n) is 5.58. The molecule has 3 aliphatic rings. The van der Waals surface area contributed by atoms with Crippen molar-refractivity contribution in [1.82, 2.24) is 4.90 Å². The topological polar surface area (TPSA) is 49.9 Å². The zero-order valence-electron chi connectivity index (χ0n) is 18.9. The minimum absolute atomic E-state index is 0.186. The third-order valence-corrected chi connectivity index (χ3v) is 7.36. The maximum atomic E-state index is 13.0. The Labute approximate surface area is 190 Å². The molecule has 3 aliphatic heterocycles. The van der Waals surface area contributed by atoms with Crippen LogP contribution in [0, 0.1) is 5.92 Å². The van der Waals surface area contributed by atoms with Gasteiger partial charge in [0, 0.05) is 25.1 Å². The molecule has 0 N–H and O–H groups in total. The molecule has 0 aliphatic carbocycles. The summed E-state index contributed by atoms with van der Waals surface area (Å²) in [6, 6.07) is 12.3. The first-order valence-electron chi connectivity index (χ1n) is 12.0. The van der Waals surface area contributed by atoms with E-state index in [4.69, 9.17) is 4.74 Å². The van der Waals surface area contributed by atoms with E-state index in [2.05, 4.69) is 23.1 Å². The number of methoxy groups -OCH3 is 1. The summed E-state index contributed by atoms with van der Waals surface area (Å²) in [5.74, 6) is 1.95. The summed E-state index contributed by atoms with van der Waals surface area (Å²) in [4.78, 5) is 29.7. The predicted molar refractivity (Wildman–Crippen MR) is 125 cm³/mol. The molecule has 1 saturated heterocycles. The molecule has 168 valence electrons. The van der Waals surface area contributed by atoms with Gasteiger partial charge in [-0.3, -0.25) is 14.5 Å². The van der Waals surface area contributed by atoms with E-state index in [0.717, 1.165) is 80.8 Å². The van der Waals surface area contributed by atoms with E-state index >= 15 is 0 Å². The summed E-state index contributed by atoms with van der Waals surface area (Å²) < 4.78 is 5.34. The molecule has 0 spiro atoms. The lowest BCUT2D eigenvalue weighted by Crippen LogP contribution is -2.33. The lowest BCUT2D eigenvalue weighted by molar-refractivity contribution is -0.117. The number of anilines is 1. The fourth-order valence-corrected chi connectivity index (χ4v) is 5.58. The van der Waals surface area contributed by atoms with Crippen LogP contribution in [0.25, 0.3) is 0 Å². The maximum absolute atomic E-state index is 13.0. The van der Waals surface area contributed by atoms with Gasteiger partial charge in [-0.25, -0.2) is 0 Å². The van der Waals surface area contributed by atoms with Crippen LogP contribution in [0.2, 0.25) is 0 Å². The quantitative estimate of drug-likeness (QED) is 0.609. The number of carbonyl (C=O) groups is 2. The molecule has 0 atom stereocenters. The number of hydrogen-bond acceptors (Lipinski definition) is 4. The van der Waals surface area contributed by atoms with E-state index in [1.807, 2.05) is 23.1 Å². The average Bonchev–Trinajstić information content (AvgIpc) is 3.15. The molecule has 1 amide bonds. The Kier molecular flexibility index (Phi) is 6.01. The Balaban J connectivity index is 1.13. The number of benzene rings is 2. The van der Waals surface area contributed by atoms with E-state index in [0.29, 0.717) is 18.8 Å². The number of piperidine rings is 1. The molecule has 0 unspecified atom stereocenters. The highest BCUT2D eigenvalue weighted by atomic mass is 16.5. The molecule has 0 saturated carbocycles. The van der Waals surface area contributed by atoms with E-state index in [1.54, 1.807) is 7.11 Å². The molecule has 1 fully saturated rings. The summed E-state index contributed by atoms with van der Waals surface area (Å²) in [6.07, 6.45) is 6.28. The van der Waals surface area contributed by atoms with Crippen LogP contribution in [0.15, 0.2) is 36.4 Å². The van der Waals surface area contributed by atoms with Crippen molar-refractivity contribution in [3.63, 3.8) is 0 Å². The van der Waals surface area contributed by atoms with Gasteiger partial charge in [0.05, 0.1) is 19.2 Å². The first kappa shape index (κ1) is 21.2. The smallest absolute Gasteiger partial charge is 0.231 e. The highest BCUT2D eigenvalue weighted by Gasteiger charge is 2.33. The summed E-state index contributed by atoms with van der Waals surface area (Å²) in [7, 11) is 1.71. The van der Waals surface area contributed by atoms with Crippen molar-refractivity contribution in [2.75, 3.05) is 31.6 Å². The minimum atomic E-state index is 0.186. The zero-order chi connectivity index (χ0) is 22.1. The number of ether oxygens (including phenoxy) is 1. The molecule has 5 nitrogen and oxygen atoms in total. The minimum Gasteiger partial charge on any atom is -0.497 e. The maximum Gasteiger partial charge on any atom is 0.231 e. The summed E-state index contributed by atoms with van der Waals surface area (Å²) in [5.41, 5.74) is 5.44. The normalized spacial score (nSPS) is 18.7. The van der Waals surface area contributed by atoms with Crippen molar-refractivity contribution >= 4 is 17.4 Å². The Morgan fingerprint density at radius 1 is 1.09 bits per heavy atom. The van der Waals surface area contributed by atoms with Gasteiger partial charge >= 0.3 is 0 Å². The van der Waals surface area contributed by atoms with Gasteiger partial charge in [0.2, 0.25) is 5.91 Å². The van der Waals surface area contributed by atoms with E-state index in [9.17, 15) is 9.59 Å². The second-order valence-electron chi connectivity index (χ2n) is 9.50. The van der Waals surface area contributed by atoms with Crippen molar-refractivity contribution in [3.05, 3.63) is 58.7 Å². The molecule has 2 aromatic carbocycles. The Morgan fingerprint density at radius 2 is 1.91 bits per heavy atom. The van der Waals surface area contributed by atoms with Gasteiger partial charge in [0.15, 0.2) is 5.78 Å². The van der Waals surface area contributed by atoms with Crippen molar-refractivity contribution < 1.29 is 14.3 Å². The first-order chi connectivity index (χ1) is 15.6. The average molecular weight is 433 g/mol. The van der Waals surface area contributed by atoms with Crippen molar-refractivity contribution in [2.45, 2.75) is 51.5 Å². The van der Waals surface area contributed by atoms with E-state index in [1.165, 1.54) is 11.1 Å². The molecule has 0 radical (unpaired) electrons. The van der Waals surface area contributed by atoms with Gasteiger partial charge in [0.1, 0.15) is 5.75 Å². The lowest BCUT2D eigenvalue weighted by Gasteiger charge is -2.32. The SMILES string of the molecule is COc1cccc(CN2CCC(CCC(=O)c3cc4c5c(c3)CC(=O)N5CCC4)CC2)c1. The third-order valence-electron chi connectivity index (χ3n) is 7.36. The van der Waals surface area contributed by atoms with Gasteiger partial charge in [-0.15, -0.1) is 0 Å². The van der Waals surface area contributed by atoms with Crippen LogP contribution in [0.4, 0.5) is 5.69 Å². The van der Waals surface area contributed by atoms with Gasteiger partial charge in [0.25, 0.3) is 0 Å². The van der Waals surface area contributed by atoms with E-state index < -0.39 is 0 Å². The number of Topliss-reactive ketones (excluding diaryl/α,β-unsaturated/α-hetero) is 1. The number of rotatable bonds is 7. The summed E-state index contributed by atoms with van der Waals surface area (Å²) in [5, 5.41) is 0. The predicted octanol–water partition coefficient (Wildman–Crippen LogP) is 4.41. The van der Waals surface area contributed by atoms with Crippen LogP contribution in [0.5, 0.6) is 5.75 Å². The van der Waals surface area contributed by atoms with Crippen LogP contribution < -0.4 is 9.64 Å². The Bertz CT molecular complexity index is 1020. The highest BCUT2D eigenvalue weighted by Crippen LogP contribution is 2.38. The van der Waals surface area contributed by atoms with Crippen LogP contribution in [0.3, 0.4) is 0 Å². The molecule has 3 heterocycles. The number of hydrogen-bond donors (Lipinski definition) is 0. The molecule has 5 heteroatoms. The summed E-state index contributed by atoms with van der Waals surface area (Å²) in [6.45, 7) is 3.94. The molecule has 0 aromatic heterocycles. The Morgan fingerprint density at radius 3 is 2.72 bits per heavy atom. The fraction of sp³-hybridized carbons (Fsp3) is 0.481. The zero-order valence-corrected chi connectivity index (χ0v) is 18.9. The molecule has 5 rings (SSSR count). The largest absolute Gasteiger partial charge is 0.497 e. The second-order valence-corrected chi connectivity index (χ2v) is 9.50. The van der Waals surface area contributed by atoms with Crippen LogP contribution in [-0.4, -0.2) is 43.3 Å². The first-order valence-corrected chi connectivity index (χ1v) is 12.0. The van der Waals surface area contributed by atoms with Crippen molar-refractivity contribution in [1.29, 1.82) is 0 Å². The van der Waals surface area contributed by atoms with Gasteiger partial charge < -0.3 is 9.64 Å². The number of carbonyl (C=O) groups excluding carboxylic acids is 2. The molecule has 32 heavy (non-hydrogen) atoms. The number of ketones is 1. The van der Waals surface area contributed by atoms with E-state index in [-0.39, 0.29) is 11.7 Å². The van der Waals surface area contributed by atoms with Gasteiger partial charge in [-0.2, -0.15) is 0 Å². The van der Waals surface area contributed by atoms with Crippen molar-refractivity contribution in [3.8, 4) is 5.75 Å². The molecule has 2 aromatic rings. The highest BCUT2D eigenvalue weighted by molar-refractivity contribution is 6.05. The Hall–Kier alpha value is -2.66. The van der Waals surface area contributed by atoms with Crippen LogP contribution in [0.1, 0.15) is 59.2 Å². The van der Waals surface area contributed by atoms with Gasteiger partial charge in [-0.1, -0.05) is 12.1 Å². The lowest BCUT2D eigenvalue weighted by atomic mass is 9.89. The molecular weight excluding hydrogens is 400 g/mol. The third kappa shape index (κ3) is 4.31. The molecular formula is C27H32N2O3. The van der Waals surface area contributed by atoms with Crippen LogP contribution in [-0.2, 0) is 24.2 Å². The number of nitrogens with zero attached hydrogens (tertiary/aromatic N) is 2. The van der Waals surface area contributed by atoms with Gasteiger partial charge in [-0.05, 0) is 92.1 Å². The second kappa shape index (κ2) is 9.07. The number of likely N-dealkylation sites (tertiary alicyclic amines) is 1. The standard InChI is InChI=1S/C27H32N2O3/c1-32-24-6-2-4-20(14-24)18-28-12-9-19(10-13-28)7-8-25(30)22-15-21-5-3-11-29-26(31)17-23(16-22)27(21)29/h2,4,6,14-16,19H,3,5,7-13,17-18H2,1H3. The summed E-state index contributed by atoms with van der Waals surface area (Å²) >= 11 is 0. The molecule has 0 bridgehead atoms. The van der Waals surface area contributed by atoms with Crippen LogP contribution >= 0.6 is 0 Å². The number of amides is 1.